The molecule has 1 aromatic carbocycles. The van der Waals surface area contributed by atoms with Crippen molar-refractivity contribution in [3.63, 3.8) is 0 Å². The van der Waals surface area contributed by atoms with Crippen LogP contribution < -0.4 is 4.90 Å². The van der Waals surface area contributed by atoms with E-state index in [0.717, 1.165) is 43.9 Å². The monoisotopic (exact) mass is 435 g/mol. The van der Waals surface area contributed by atoms with Crippen LogP contribution >= 0.6 is 11.6 Å². The average molecular weight is 436 g/mol. The summed E-state index contributed by atoms with van der Waals surface area (Å²) in [5.41, 5.74) is 1.03. The predicted octanol–water partition coefficient (Wildman–Crippen LogP) is 4.09. The number of hydrogen-bond donors (Lipinski definition) is 0. The maximum atomic E-state index is 12.3. The molecule has 2 heterocycles. The van der Waals surface area contributed by atoms with E-state index in [4.69, 9.17) is 15.8 Å². The number of hydrogen-bond acceptors (Lipinski definition) is 6. The zero-order chi connectivity index (χ0) is 20.4. The predicted molar refractivity (Wildman–Crippen MR) is 113 cm³/mol. The van der Waals surface area contributed by atoms with Crippen LogP contribution in [-0.2, 0) is 14.3 Å². The number of benzene rings is 1. The van der Waals surface area contributed by atoms with Crippen LogP contribution in [0.3, 0.4) is 0 Å². The van der Waals surface area contributed by atoms with Gasteiger partial charge in [0, 0.05) is 13.1 Å². The van der Waals surface area contributed by atoms with E-state index in [9.17, 15) is 8.42 Å². The highest BCUT2D eigenvalue weighted by Crippen LogP contribution is 2.50. The molecule has 1 aliphatic carbocycles. The topological polar surface area (TPSA) is 72.4 Å². The molecule has 1 aromatic heterocycles. The Morgan fingerprint density at radius 1 is 1.14 bits per heavy atom. The summed E-state index contributed by atoms with van der Waals surface area (Å²) >= 11 is 5.86. The van der Waals surface area contributed by atoms with E-state index in [-0.39, 0.29) is 11.5 Å². The SMILES string of the molecule is Cc1ccc(S(=O)(=O)OCCC2CC2C2CCN(c3ncc(Cl)cn3)CC2)cc1. The van der Waals surface area contributed by atoms with Crippen LogP contribution in [0.25, 0.3) is 0 Å². The van der Waals surface area contributed by atoms with Gasteiger partial charge >= 0.3 is 0 Å². The molecule has 2 aromatic rings. The van der Waals surface area contributed by atoms with E-state index in [1.165, 1.54) is 6.42 Å². The van der Waals surface area contributed by atoms with E-state index in [1.807, 2.05) is 6.92 Å². The average Bonchev–Trinajstić information content (AvgIpc) is 3.48. The molecule has 2 aliphatic rings. The van der Waals surface area contributed by atoms with Gasteiger partial charge in [0.1, 0.15) is 0 Å². The first-order chi connectivity index (χ1) is 13.9. The van der Waals surface area contributed by atoms with Gasteiger partial charge in [-0.25, -0.2) is 9.97 Å². The third kappa shape index (κ3) is 5.08. The van der Waals surface area contributed by atoms with Crippen LogP contribution in [0.1, 0.15) is 31.2 Å². The van der Waals surface area contributed by atoms with Crippen molar-refractivity contribution in [1.29, 1.82) is 0 Å². The summed E-state index contributed by atoms with van der Waals surface area (Å²) in [5.74, 6) is 2.70. The van der Waals surface area contributed by atoms with Gasteiger partial charge in [-0.3, -0.25) is 4.18 Å². The van der Waals surface area contributed by atoms with Crippen LogP contribution in [0.5, 0.6) is 0 Å². The number of aromatic nitrogens is 2. The number of aryl methyl sites for hydroxylation is 1. The largest absolute Gasteiger partial charge is 0.341 e. The van der Waals surface area contributed by atoms with Gasteiger partial charge < -0.3 is 4.90 Å². The molecule has 29 heavy (non-hydrogen) atoms. The molecule has 4 rings (SSSR count). The van der Waals surface area contributed by atoms with Gasteiger partial charge in [-0.15, -0.1) is 0 Å². The molecule has 2 atom stereocenters. The zero-order valence-electron chi connectivity index (χ0n) is 16.5. The Labute approximate surface area is 177 Å². The van der Waals surface area contributed by atoms with E-state index in [0.29, 0.717) is 22.8 Å². The quantitative estimate of drug-likeness (QED) is 0.610. The maximum Gasteiger partial charge on any atom is 0.296 e. The van der Waals surface area contributed by atoms with E-state index < -0.39 is 10.1 Å². The first-order valence-electron chi connectivity index (χ1n) is 10.1. The minimum absolute atomic E-state index is 0.229. The normalized spacial score (nSPS) is 22.6. The van der Waals surface area contributed by atoms with Gasteiger partial charge in [0.2, 0.25) is 5.95 Å². The summed E-state index contributed by atoms with van der Waals surface area (Å²) in [5, 5.41) is 0.552. The van der Waals surface area contributed by atoms with E-state index in [1.54, 1.807) is 36.7 Å². The summed E-state index contributed by atoms with van der Waals surface area (Å²) in [7, 11) is -3.66. The number of anilines is 1. The van der Waals surface area contributed by atoms with Gasteiger partial charge in [0.25, 0.3) is 10.1 Å². The Kier molecular flexibility index (Phi) is 6.08. The number of rotatable bonds is 7. The summed E-state index contributed by atoms with van der Waals surface area (Å²) in [6, 6.07) is 6.77. The number of nitrogens with zero attached hydrogens (tertiary/aromatic N) is 3. The van der Waals surface area contributed by atoms with Crippen molar-refractivity contribution in [2.45, 2.75) is 37.5 Å². The molecule has 0 spiro atoms. The molecule has 0 radical (unpaired) electrons. The Hall–Kier alpha value is -1.70. The molecule has 1 aliphatic heterocycles. The standard InChI is InChI=1S/C21H26ClN3O3S/c1-15-2-4-19(5-3-15)29(26,27)28-11-8-17-12-20(17)16-6-9-25(10-7-16)21-23-13-18(22)14-24-21/h2-5,13-14,16-17,20H,6-12H2,1H3. The molecule has 0 bridgehead atoms. The van der Waals surface area contributed by atoms with Crippen LogP contribution in [-0.4, -0.2) is 38.1 Å². The molecular weight excluding hydrogens is 410 g/mol. The summed E-state index contributed by atoms with van der Waals surface area (Å²) in [4.78, 5) is 11.0. The molecule has 8 heteroatoms. The molecular formula is C21H26ClN3O3S. The fraction of sp³-hybridized carbons (Fsp3) is 0.524. The minimum Gasteiger partial charge on any atom is -0.341 e. The summed E-state index contributed by atoms with van der Waals surface area (Å²) < 4.78 is 29.8. The van der Waals surface area contributed by atoms with E-state index in [2.05, 4.69) is 14.9 Å². The zero-order valence-corrected chi connectivity index (χ0v) is 18.1. The second-order valence-electron chi connectivity index (χ2n) is 8.06. The molecule has 1 saturated carbocycles. The summed E-state index contributed by atoms with van der Waals surface area (Å²) in [6.45, 7) is 4.09. The molecule has 1 saturated heterocycles. The van der Waals surface area contributed by atoms with Crippen molar-refractivity contribution in [2.75, 3.05) is 24.6 Å². The smallest absolute Gasteiger partial charge is 0.296 e. The molecule has 6 nitrogen and oxygen atoms in total. The van der Waals surface area contributed by atoms with Crippen molar-refractivity contribution in [2.24, 2.45) is 17.8 Å². The highest BCUT2D eigenvalue weighted by atomic mass is 35.5. The lowest BCUT2D eigenvalue weighted by molar-refractivity contribution is 0.287. The Balaban J connectivity index is 1.20. The van der Waals surface area contributed by atoms with Crippen LogP contribution in [0.2, 0.25) is 5.02 Å². The number of piperidine rings is 1. The fourth-order valence-corrected chi connectivity index (χ4v) is 5.28. The van der Waals surface area contributed by atoms with Crippen molar-refractivity contribution >= 4 is 27.7 Å². The minimum atomic E-state index is -3.66. The van der Waals surface area contributed by atoms with Gasteiger partial charge in [-0.1, -0.05) is 29.3 Å². The summed E-state index contributed by atoms with van der Waals surface area (Å²) in [6.07, 6.45) is 7.49. The highest BCUT2D eigenvalue weighted by molar-refractivity contribution is 7.86. The van der Waals surface area contributed by atoms with Crippen LogP contribution in [0, 0.1) is 24.7 Å². The van der Waals surface area contributed by atoms with Crippen molar-refractivity contribution in [1.82, 2.24) is 9.97 Å². The molecule has 2 fully saturated rings. The third-order valence-electron chi connectivity index (χ3n) is 6.05. The van der Waals surface area contributed by atoms with Crippen LogP contribution in [0.15, 0.2) is 41.6 Å². The van der Waals surface area contributed by atoms with Crippen molar-refractivity contribution in [3.05, 3.63) is 47.2 Å². The van der Waals surface area contributed by atoms with Gasteiger partial charge in [-0.05, 0) is 62.5 Å². The van der Waals surface area contributed by atoms with Gasteiger partial charge in [0.05, 0.1) is 28.9 Å². The first kappa shape index (κ1) is 20.6. The molecule has 0 amide bonds. The molecule has 0 N–H and O–H groups in total. The Morgan fingerprint density at radius 3 is 2.45 bits per heavy atom. The number of halogens is 1. The second-order valence-corrected chi connectivity index (χ2v) is 10.1. The second kappa shape index (κ2) is 8.58. The fourth-order valence-electron chi connectivity index (χ4n) is 4.26. The maximum absolute atomic E-state index is 12.3. The van der Waals surface area contributed by atoms with Crippen molar-refractivity contribution < 1.29 is 12.6 Å². The molecule has 156 valence electrons. The molecule has 2 unspecified atom stereocenters. The van der Waals surface area contributed by atoms with E-state index >= 15 is 0 Å². The lowest BCUT2D eigenvalue weighted by Crippen LogP contribution is -2.35. The lowest BCUT2D eigenvalue weighted by atomic mass is 9.90. The Bertz CT molecular complexity index is 927. The van der Waals surface area contributed by atoms with Crippen LogP contribution in [0.4, 0.5) is 5.95 Å². The first-order valence-corrected chi connectivity index (χ1v) is 11.9. The van der Waals surface area contributed by atoms with Gasteiger partial charge in [0.15, 0.2) is 0 Å². The Morgan fingerprint density at radius 2 is 1.79 bits per heavy atom. The lowest BCUT2D eigenvalue weighted by Gasteiger charge is -2.32. The van der Waals surface area contributed by atoms with Gasteiger partial charge in [-0.2, -0.15) is 8.42 Å². The highest BCUT2D eigenvalue weighted by Gasteiger charge is 2.43. The third-order valence-corrected chi connectivity index (χ3v) is 7.57. The van der Waals surface area contributed by atoms with Crippen molar-refractivity contribution in [3.8, 4) is 0 Å².